The maximum Gasteiger partial charge on any atom is 0.235 e. The SMILES string of the molecule is C/C=C\c1c(C2CCC(=O)NC2=O)n[nH]c1CC. The molecule has 5 heteroatoms. The first-order valence-electron chi connectivity index (χ1n) is 6.20. The zero-order chi connectivity index (χ0) is 13.1. The van der Waals surface area contributed by atoms with E-state index in [0.717, 1.165) is 23.4 Å². The number of nitrogens with one attached hydrogen (secondary N) is 2. The number of hydrogen-bond acceptors (Lipinski definition) is 3. The molecule has 2 amide bonds. The number of aromatic amines is 1. The lowest BCUT2D eigenvalue weighted by atomic mass is 9.91. The molecule has 1 aliphatic rings. The Kier molecular flexibility index (Phi) is 3.60. The number of aromatic nitrogens is 2. The standard InChI is InChI=1S/C13H17N3O2/c1-3-5-8-10(4-2)15-16-12(8)9-6-7-11(17)14-13(9)18/h3,5,9H,4,6-7H2,1-2H3,(H,15,16)(H,14,17,18)/b5-3-. The summed E-state index contributed by atoms with van der Waals surface area (Å²) in [4.78, 5) is 23.0. The highest BCUT2D eigenvalue weighted by molar-refractivity contribution is 6.01. The van der Waals surface area contributed by atoms with Gasteiger partial charge in [-0.3, -0.25) is 20.0 Å². The van der Waals surface area contributed by atoms with Gasteiger partial charge in [0.15, 0.2) is 0 Å². The Morgan fingerprint density at radius 1 is 1.44 bits per heavy atom. The number of amides is 2. The van der Waals surface area contributed by atoms with Gasteiger partial charge in [0.1, 0.15) is 0 Å². The maximum atomic E-state index is 11.8. The number of piperidine rings is 1. The molecule has 96 valence electrons. The minimum Gasteiger partial charge on any atom is -0.296 e. The molecule has 2 N–H and O–H groups in total. The van der Waals surface area contributed by atoms with Crippen molar-refractivity contribution < 1.29 is 9.59 Å². The molecule has 0 saturated carbocycles. The zero-order valence-electron chi connectivity index (χ0n) is 10.6. The molecule has 1 atom stereocenters. The highest BCUT2D eigenvalue weighted by atomic mass is 16.2. The number of aryl methyl sites for hydroxylation is 1. The first kappa shape index (κ1) is 12.5. The number of rotatable bonds is 3. The van der Waals surface area contributed by atoms with Crippen LogP contribution >= 0.6 is 0 Å². The van der Waals surface area contributed by atoms with Crippen molar-refractivity contribution in [3.8, 4) is 0 Å². The van der Waals surface area contributed by atoms with Crippen LogP contribution in [0.4, 0.5) is 0 Å². The van der Waals surface area contributed by atoms with E-state index in [-0.39, 0.29) is 17.7 Å². The number of imide groups is 1. The summed E-state index contributed by atoms with van der Waals surface area (Å²) in [5.41, 5.74) is 2.75. The van der Waals surface area contributed by atoms with Gasteiger partial charge >= 0.3 is 0 Å². The predicted molar refractivity (Wildman–Crippen MR) is 67.8 cm³/mol. The molecule has 5 nitrogen and oxygen atoms in total. The molecule has 2 heterocycles. The molecular formula is C13H17N3O2. The van der Waals surface area contributed by atoms with Gasteiger partial charge in [-0.2, -0.15) is 5.10 Å². The van der Waals surface area contributed by atoms with Gasteiger partial charge in [0.05, 0.1) is 11.6 Å². The Morgan fingerprint density at radius 3 is 2.83 bits per heavy atom. The summed E-state index contributed by atoms with van der Waals surface area (Å²) < 4.78 is 0. The lowest BCUT2D eigenvalue weighted by molar-refractivity contribution is -0.134. The average molecular weight is 247 g/mol. The van der Waals surface area contributed by atoms with Gasteiger partial charge in [-0.1, -0.05) is 19.1 Å². The van der Waals surface area contributed by atoms with Crippen LogP contribution in [0.2, 0.25) is 0 Å². The van der Waals surface area contributed by atoms with Crippen molar-refractivity contribution in [2.45, 2.75) is 39.0 Å². The van der Waals surface area contributed by atoms with Crippen molar-refractivity contribution in [3.05, 3.63) is 23.0 Å². The smallest absolute Gasteiger partial charge is 0.235 e. The van der Waals surface area contributed by atoms with Crippen molar-refractivity contribution >= 4 is 17.9 Å². The van der Waals surface area contributed by atoms with E-state index >= 15 is 0 Å². The van der Waals surface area contributed by atoms with Gasteiger partial charge in [-0.25, -0.2) is 0 Å². The van der Waals surface area contributed by atoms with Gasteiger partial charge in [0.25, 0.3) is 0 Å². The van der Waals surface area contributed by atoms with Crippen LogP contribution in [0, 0.1) is 0 Å². The van der Waals surface area contributed by atoms with Crippen LogP contribution in [-0.4, -0.2) is 22.0 Å². The predicted octanol–water partition coefficient (Wildman–Crippen LogP) is 1.53. The van der Waals surface area contributed by atoms with Crippen LogP contribution in [0.15, 0.2) is 6.08 Å². The van der Waals surface area contributed by atoms with Crippen molar-refractivity contribution in [1.29, 1.82) is 0 Å². The minimum atomic E-state index is -0.328. The van der Waals surface area contributed by atoms with Crippen molar-refractivity contribution in [1.82, 2.24) is 15.5 Å². The molecule has 0 aromatic carbocycles. The molecule has 1 saturated heterocycles. The molecule has 0 bridgehead atoms. The Morgan fingerprint density at radius 2 is 2.22 bits per heavy atom. The fourth-order valence-electron chi connectivity index (χ4n) is 2.24. The van der Waals surface area contributed by atoms with E-state index in [1.165, 1.54) is 0 Å². The summed E-state index contributed by atoms with van der Waals surface area (Å²) in [6, 6.07) is 0. The third kappa shape index (κ3) is 2.20. The molecule has 1 aromatic heterocycles. The third-order valence-electron chi connectivity index (χ3n) is 3.17. The second kappa shape index (κ2) is 5.16. The number of carbonyl (C=O) groups is 2. The third-order valence-corrected chi connectivity index (χ3v) is 3.17. The molecule has 2 rings (SSSR count). The Hall–Kier alpha value is -1.91. The van der Waals surface area contributed by atoms with E-state index in [9.17, 15) is 9.59 Å². The number of H-pyrrole nitrogens is 1. The molecule has 0 aliphatic carbocycles. The number of allylic oxidation sites excluding steroid dienone is 1. The zero-order valence-corrected chi connectivity index (χ0v) is 10.6. The summed E-state index contributed by atoms with van der Waals surface area (Å²) in [6.07, 6.45) is 5.63. The summed E-state index contributed by atoms with van der Waals surface area (Å²) in [6.45, 7) is 3.97. The quantitative estimate of drug-likeness (QED) is 0.795. The van der Waals surface area contributed by atoms with Crippen LogP contribution in [0.3, 0.4) is 0 Å². The maximum absolute atomic E-state index is 11.8. The van der Waals surface area contributed by atoms with Crippen molar-refractivity contribution in [2.24, 2.45) is 0 Å². The number of hydrogen-bond donors (Lipinski definition) is 2. The summed E-state index contributed by atoms with van der Waals surface area (Å²) in [5.74, 6) is -0.772. The molecule has 0 radical (unpaired) electrons. The fourth-order valence-corrected chi connectivity index (χ4v) is 2.24. The van der Waals surface area contributed by atoms with E-state index in [2.05, 4.69) is 15.5 Å². The molecule has 18 heavy (non-hydrogen) atoms. The highest BCUT2D eigenvalue weighted by Crippen LogP contribution is 2.28. The van der Waals surface area contributed by atoms with E-state index in [4.69, 9.17) is 0 Å². The van der Waals surface area contributed by atoms with Crippen LogP contribution in [-0.2, 0) is 16.0 Å². The van der Waals surface area contributed by atoms with Crippen LogP contribution in [0.5, 0.6) is 0 Å². The van der Waals surface area contributed by atoms with Gasteiger partial charge in [0.2, 0.25) is 11.8 Å². The van der Waals surface area contributed by atoms with Crippen LogP contribution < -0.4 is 5.32 Å². The van der Waals surface area contributed by atoms with Gasteiger partial charge in [-0.15, -0.1) is 0 Å². The second-order valence-corrected chi connectivity index (χ2v) is 4.36. The average Bonchev–Trinajstić information content (AvgIpc) is 2.73. The molecule has 1 fully saturated rings. The number of nitrogens with zero attached hydrogens (tertiary/aromatic N) is 1. The first-order valence-corrected chi connectivity index (χ1v) is 6.20. The molecule has 1 unspecified atom stereocenters. The lowest BCUT2D eigenvalue weighted by Crippen LogP contribution is -2.39. The topological polar surface area (TPSA) is 74.8 Å². The fraction of sp³-hybridized carbons (Fsp3) is 0.462. The van der Waals surface area contributed by atoms with Gasteiger partial charge in [0, 0.05) is 17.7 Å². The Labute approximate surface area is 106 Å². The first-order chi connectivity index (χ1) is 8.67. The number of carbonyl (C=O) groups excluding carboxylic acids is 2. The van der Waals surface area contributed by atoms with Gasteiger partial charge < -0.3 is 0 Å². The second-order valence-electron chi connectivity index (χ2n) is 4.36. The normalized spacial score (nSPS) is 20.4. The van der Waals surface area contributed by atoms with E-state index in [1.54, 1.807) is 0 Å². The molecule has 0 spiro atoms. The molecule has 1 aromatic rings. The van der Waals surface area contributed by atoms with Crippen molar-refractivity contribution in [3.63, 3.8) is 0 Å². The molecule has 1 aliphatic heterocycles. The van der Waals surface area contributed by atoms with E-state index in [0.29, 0.717) is 12.8 Å². The van der Waals surface area contributed by atoms with Crippen LogP contribution in [0.1, 0.15) is 49.6 Å². The summed E-state index contributed by atoms with van der Waals surface area (Å²) in [5, 5.41) is 9.60. The molecular weight excluding hydrogens is 230 g/mol. The lowest BCUT2D eigenvalue weighted by Gasteiger charge is -2.19. The largest absolute Gasteiger partial charge is 0.296 e. The van der Waals surface area contributed by atoms with Crippen LogP contribution in [0.25, 0.3) is 6.08 Å². The summed E-state index contributed by atoms with van der Waals surface area (Å²) in [7, 11) is 0. The van der Waals surface area contributed by atoms with E-state index < -0.39 is 0 Å². The van der Waals surface area contributed by atoms with Gasteiger partial charge in [-0.05, 0) is 19.8 Å². The highest BCUT2D eigenvalue weighted by Gasteiger charge is 2.31. The van der Waals surface area contributed by atoms with E-state index in [1.807, 2.05) is 26.0 Å². The summed E-state index contributed by atoms with van der Waals surface area (Å²) >= 11 is 0. The van der Waals surface area contributed by atoms with Crippen molar-refractivity contribution in [2.75, 3.05) is 0 Å². The Balaban J connectivity index is 2.35. The monoisotopic (exact) mass is 247 g/mol. The Bertz CT molecular complexity index is 502. The minimum absolute atomic E-state index is 0.199.